The molecule has 0 radical (unpaired) electrons. The number of carbonyl (C=O) groups excluding carboxylic acids is 1. The lowest BCUT2D eigenvalue weighted by molar-refractivity contribution is -0.121. The van der Waals surface area contributed by atoms with E-state index in [4.69, 9.17) is 4.42 Å². The van der Waals surface area contributed by atoms with Crippen LogP contribution < -0.4 is 5.32 Å². The fourth-order valence-electron chi connectivity index (χ4n) is 2.83. The maximum atomic E-state index is 13.8. The van der Waals surface area contributed by atoms with Crippen molar-refractivity contribution >= 4 is 21.8 Å². The Kier molecular flexibility index (Phi) is 6.57. The lowest BCUT2D eigenvalue weighted by atomic mass is 10.1. The Labute approximate surface area is 170 Å². The molecule has 0 spiro atoms. The number of nitrogens with one attached hydrogen (secondary N) is 1. The van der Waals surface area contributed by atoms with Gasteiger partial charge in [-0.25, -0.2) is 13.8 Å². The molecule has 3 rings (SSSR count). The number of hydrogen-bond donors (Lipinski definition) is 1. The molecule has 0 aliphatic heterocycles. The van der Waals surface area contributed by atoms with E-state index in [1.165, 1.54) is 12.3 Å². The van der Waals surface area contributed by atoms with Crippen LogP contribution in [0, 0.1) is 11.6 Å². The highest BCUT2D eigenvalue weighted by Crippen LogP contribution is 2.24. The lowest BCUT2D eigenvalue weighted by Gasteiger charge is -2.13. The minimum Gasteiger partial charge on any atom is -0.441 e. The fourth-order valence-corrected chi connectivity index (χ4v) is 3.10. The van der Waals surface area contributed by atoms with Gasteiger partial charge in [-0.1, -0.05) is 28.1 Å². The van der Waals surface area contributed by atoms with Gasteiger partial charge in [-0.05, 0) is 43.2 Å². The van der Waals surface area contributed by atoms with Crippen LogP contribution in [0.15, 0.2) is 57.6 Å². The Morgan fingerprint density at radius 3 is 2.68 bits per heavy atom. The van der Waals surface area contributed by atoms with Crippen molar-refractivity contribution in [1.29, 1.82) is 0 Å². The number of nitrogens with zero attached hydrogens (tertiary/aromatic N) is 1. The smallest absolute Gasteiger partial charge is 0.220 e. The Balaban J connectivity index is 1.50. The van der Waals surface area contributed by atoms with E-state index in [2.05, 4.69) is 26.2 Å². The molecule has 0 aliphatic carbocycles. The highest BCUT2D eigenvalue weighted by molar-refractivity contribution is 9.10. The highest BCUT2D eigenvalue weighted by Gasteiger charge is 2.14. The zero-order chi connectivity index (χ0) is 20.1. The molecule has 0 bridgehead atoms. The normalized spacial score (nSPS) is 12.0. The number of rotatable bonds is 7. The van der Waals surface area contributed by atoms with Gasteiger partial charge in [0.25, 0.3) is 0 Å². The van der Waals surface area contributed by atoms with Gasteiger partial charge in [-0.3, -0.25) is 4.79 Å². The Morgan fingerprint density at radius 2 is 1.96 bits per heavy atom. The van der Waals surface area contributed by atoms with Crippen molar-refractivity contribution in [3.05, 3.63) is 76.2 Å². The number of hydrogen-bond acceptors (Lipinski definition) is 3. The summed E-state index contributed by atoms with van der Waals surface area (Å²) in [6, 6.07) is 11.2. The molecule has 2 aromatic carbocycles. The van der Waals surface area contributed by atoms with Gasteiger partial charge in [0.05, 0.1) is 11.8 Å². The molecule has 3 aromatic rings. The van der Waals surface area contributed by atoms with Crippen molar-refractivity contribution in [2.75, 3.05) is 0 Å². The number of oxazole rings is 1. The fraction of sp³-hybridized carbons (Fsp3) is 0.238. The van der Waals surface area contributed by atoms with Crippen molar-refractivity contribution in [2.45, 2.75) is 32.2 Å². The van der Waals surface area contributed by atoms with Gasteiger partial charge in [0.15, 0.2) is 11.7 Å². The van der Waals surface area contributed by atoms with Gasteiger partial charge in [-0.15, -0.1) is 0 Å². The SMILES string of the molecule is CC(Cc1ccc(Br)cc1)NC(=O)CCc1ncc(-c2ccc(F)cc2F)o1. The quantitative estimate of drug-likeness (QED) is 0.549. The lowest BCUT2D eigenvalue weighted by Crippen LogP contribution is -2.34. The molecule has 0 fully saturated rings. The average molecular weight is 449 g/mol. The number of aromatic nitrogens is 1. The van der Waals surface area contributed by atoms with Crippen molar-refractivity contribution in [1.82, 2.24) is 10.3 Å². The molecule has 4 nitrogen and oxygen atoms in total. The molecule has 1 unspecified atom stereocenters. The second kappa shape index (κ2) is 9.10. The monoisotopic (exact) mass is 448 g/mol. The zero-order valence-corrected chi connectivity index (χ0v) is 16.8. The number of aryl methyl sites for hydroxylation is 1. The van der Waals surface area contributed by atoms with Gasteiger partial charge in [0.2, 0.25) is 5.91 Å². The Morgan fingerprint density at radius 1 is 1.21 bits per heavy atom. The molecule has 1 atom stereocenters. The molecular formula is C21H19BrF2N2O2. The molecule has 0 saturated heterocycles. The minimum absolute atomic E-state index is 0.0119. The molecule has 7 heteroatoms. The molecular weight excluding hydrogens is 430 g/mol. The standard InChI is InChI=1S/C21H19BrF2N2O2/c1-13(10-14-2-4-15(22)5-3-14)26-20(27)8-9-21-25-12-19(28-21)17-7-6-16(23)11-18(17)24/h2-7,11-13H,8-10H2,1H3,(H,26,27). The third-order valence-electron chi connectivity index (χ3n) is 4.18. The Hall–Kier alpha value is -2.54. The number of halogens is 3. The summed E-state index contributed by atoms with van der Waals surface area (Å²) >= 11 is 3.40. The highest BCUT2D eigenvalue weighted by atomic mass is 79.9. The first-order valence-corrected chi connectivity index (χ1v) is 9.64. The summed E-state index contributed by atoms with van der Waals surface area (Å²) in [5.41, 5.74) is 1.27. The molecule has 146 valence electrons. The average Bonchev–Trinajstić information content (AvgIpc) is 3.10. The van der Waals surface area contributed by atoms with Crippen LogP contribution in [0.4, 0.5) is 8.78 Å². The molecule has 1 aromatic heterocycles. The van der Waals surface area contributed by atoms with E-state index in [1.807, 2.05) is 31.2 Å². The van der Waals surface area contributed by atoms with Crippen LogP contribution in [0.25, 0.3) is 11.3 Å². The largest absolute Gasteiger partial charge is 0.441 e. The zero-order valence-electron chi connectivity index (χ0n) is 15.2. The summed E-state index contributed by atoms with van der Waals surface area (Å²) in [6.45, 7) is 1.94. The number of benzene rings is 2. The van der Waals surface area contributed by atoms with E-state index in [0.717, 1.165) is 28.6 Å². The summed E-state index contributed by atoms with van der Waals surface area (Å²) in [4.78, 5) is 16.2. The maximum Gasteiger partial charge on any atom is 0.220 e. The van der Waals surface area contributed by atoms with Crippen LogP contribution in [0.3, 0.4) is 0 Å². The van der Waals surface area contributed by atoms with Crippen LogP contribution in [0.5, 0.6) is 0 Å². The maximum absolute atomic E-state index is 13.8. The molecule has 1 heterocycles. The van der Waals surface area contributed by atoms with E-state index >= 15 is 0 Å². The van der Waals surface area contributed by atoms with E-state index in [0.29, 0.717) is 12.3 Å². The Bertz CT molecular complexity index is 957. The number of amides is 1. The van der Waals surface area contributed by atoms with Crippen LogP contribution in [0.1, 0.15) is 24.8 Å². The van der Waals surface area contributed by atoms with Crippen molar-refractivity contribution in [3.8, 4) is 11.3 Å². The molecule has 28 heavy (non-hydrogen) atoms. The summed E-state index contributed by atoms with van der Waals surface area (Å²) in [5.74, 6) is -0.958. The molecule has 1 N–H and O–H groups in total. The van der Waals surface area contributed by atoms with E-state index in [1.54, 1.807) is 0 Å². The summed E-state index contributed by atoms with van der Waals surface area (Å²) in [7, 11) is 0. The predicted octanol–water partition coefficient (Wildman–Crippen LogP) is 5.06. The van der Waals surface area contributed by atoms with Gasteiger partial charge < -0.3 is 9.73 Å². The second-order valence-corrected chi connectivity index (χ2v) is 7.46. The topological polar surface area (TPSA) is 55.1 Å². The molecule has 1 amide bonds. The summed E-state index contributed by atoms with van der Waals surface area (Å²) < 4.78 is 33.3. The van der Waals surface area contributed by atoms with Crippen LogP contribution >= 0.6 is 15.9 Å². The third kappa shape index (κ3) is 5.48. The first-order chi connectivity index (χ1) is 13.4. The van der Waals surface area contributed by atoms with Crippen molar-refractivity contribution < 1.29 is 18.0 Å². The van der Waals surface area contributed by atoms with Gasteiger partial charge in [0, 0.05) is 29.4 Å². The van der Waals surface area contributed by atoms with Crippen LogP contribution in [-0.4, -0.2) is 16.9 Å². The van der Waals surface area contributed by atoms with E-state index in [9.17, 15) is 13.6 Å². The summed E-state index contributed by atoms with van der Waals surface area (Å²) in [6.07, 6.45) is 2.60. The second-order valence-electron chi connectivity index (χ2n) is 6.54. The summed E-state index contributed by atoms with van der Waals surface area (Å²) in [5, 5.41) is 2.95. The van der Waals surface area contributed by atoms with Gasteiger partial charge in [0.1, 0.15) is 11.6 Å². The van der Waals surface area contributed by atoms with Gasteiger partial charge >= 0.3 is 0 Å². The minimum atomic E-state index is -0.720. The molecule has 0 aliphatic rings. The first kappa shape index (κ1) is 20.2. The first-order valence-electron chi connectivity index (χ1n) is 8.84. The van der Waals surface area contributed by atoms with Crippen LogP contribution in [-0.2, 0) is 17.6 Å². The van der Waals surface area contributed by atoms with Gasteiger partial charge in [-0.2, -0.15) is 0 Å². The third-order valence-corrected chi connectivity index (χ3v) is 4.71. The van der Waals surface area contributed by atoms with Crippen LogP contribution in [0.2, 0.25) is 0 Å². The predicted molar refractivity (Wildman–Crippen MR) is 106 cm³/mol. The number of carbonyl (C=O) groups is 1. The van der Waals surface area contributed by atoms with E-state index in [-0.39, 0.29) is 29.7 Å². The molecule has 0 saturated carbocycles. The van der Waals surface area contributed by atoms with Crippen molar-refractivity contribution in [2.24, 2.45) is 0 Å². The van der Waals surface area contributed by atoms with E-state index < -0.39 is 11.6 Å². The van der Waals surface area contributed by atoms with Crippen molar-refractivity contribution in [3.63, 3.8) is 0 Å².